The van der Waals surface area contributed by atoms with Gasteiger partial charge in [0.25, 0.3) is 5.91 Å². The monoisotopic (exact) mass is 236 g/mol. The minimum atomic E-state index is -0.353. The summed E-state index contributed by atoms with van der Waals surface area (Å²) in [5.74, 6) is -0.353. The predicted molar refractivity (Wildman–Crippen MR) is 66.3 cm³/mol. The summed E-state index contributed by atoms with van der Waals surface area (Å²) in [6, 6.07) is 1.79. The van der Waals surface area contributed by atoms with Crippen molar-refractivity contribution in [1.29, 1.82) is 5.26 Å². The summed E-state index contributed by atoms with van der Waals surface area (Å²) in [7, 11) is 0. The van der Waals surface area contributed by atoms with Crippen molar-refractivity contribution in [3.05, 3.63) is 0 Å². The number of nitriles is 1. The molecule has 5 heteroatoms. The number of nitrogens with one attached hydrogen (secondary N) is 2. The van der Waals surface area contributed by atoms with Gasteiger partial charge in [-0.2, -0.15) is 10.4 Å². The van der Waals surface area contributed by atoms with E-state index in [0.717, 1.165) is 18.6 Å². The summed E-state index contributed by atoms with van der Waals surface area (Å²) in [6.45, 7) is 8.45. The Bertz CT molecular complexity index is 358. The van der Waals surface area contributed by atoms with Crippen molar-refractivity contribution in [2.75, 3.05) is 0 Å². The highest BCUT2D eigenvalue weighted by Crippen LogP contribution is 2.26. The van der Waals surface area contributed by atoms with Crippen molar-refractivity contribution in [1.82, 2.24) is 10.7 Å². The number of carbonyl (C=O) groups is 1. The largest absolute Gasteiger partial charge is 0.306 e. The Balaban J connectivity index is 2.68. The Labute approximate surface area is 102 Å². The molecule has 0 aromatic heterocycles. The summed E-state index contributed by atoms with van der Waals surface area (Å²) in [6.07, 6.45) is 1.44. The lowest BCUT2D eigenvalue weighted by Gasteiger charge is -2.43. The zero-order valence-corrected chi connectivity index (χ0v) is 10.9. The zero-order valence-electron chi connectivity index (χ0n) is 10.9. The van der Waals surface area contributed by atoms with E-state index in [1.54, 1.807) is 6.07 Å². The van der Waals surface area contributed by atoms with Gasteiger partial charge in [-0.25, -0.2) is 5.43 Å². The zero-order chi connectivity index (χ0) is 13.1. The van der Waals surface area contributed by atoms with Gasteiger partial charge in [0.1, 0.15) is 6.42 Å². The summed E-state index contributed by atoms with van der Waals surface area (Å²) in [5.41, 5.74) is 3.34. The van der Waals surface area contributed by atoms with Crippen LogP contribution in [-0.2, 0) is 4.79 Å². The van der Waals surface area contributed by atoms with Crippen LogP contribution in [0.15, 0.2) is 5.10 Å². The second-order valence-corrected chi connectivity index (χ2v) is 5.79. The topological polar surface area (TPSA) is 77.3 Å². The first-order chi connectivity index (χ1) is 7.74. The SMILES string of the molecule is CC1(C)CC(=NNC(=O)CC#N)CC(C)(C)N1. The Hall–Kier alpha value is -1.41. The summed E-state index contributed by atoms with van der Waals surface area (Å²) in [4.78, 5) is 11.2. The van der Waals surface area contributed by atoms with E-state index in [-0.39, 0.29) is 23.4 Å². The molecule has 0 unspecified atom stereocenters. The quantitative estimate of drug-likeness (QED) is 0.710. The molecule has 0 spiro atoms. The number of rotatable bonds is 2. The smallest absolute Gasteiger partial charge is 0.254 e. The van der Waals surface area contributed by atoms with Crippen LogP contribution in [-0.4, -0.2) is 22.7 Å². The Morgan fingerprint density at radius 2 is 1.94 bits per heavy atom. The molecule has 17 heavy (non-hydrogen) atoms. The minimum Gasteiger partial charge on any atom is -0.306 e. The third-order valence-corrected chi connectivity index (χ3v) is 2.55. The maximum Gasteiger partial charge on any atom is 0.254 e. The molecule has 0 aromatic rings. The van der Waals surface area contributed by atoms with Crippen LogP contribution >= 0.6 is 0 Å². The number of amides is 1. The molecular formula is C12H20N4O. The Morgan fingerprint density at radius 1 is 1.41 bits per heavy atom. The number of hydrogen-bond donors (Lipinski definition) is 2. The molecule has 1 amide bonds. The molecule has 0 radical (unpaired) electrons. The van der Waals surface area contributed by atoms with E-state index in [9.17, 15) is 4.79 Å². The van der Waals surface area contributed by atoms with Crippen LogP contribution in [0.5, 0.6) is 0 Å². The molecular weight excluding hydrogens is 216 g/mol. The molecule has 1 heterocycles. The van der Waals surface area contributed by atoms with Crippen molar-refractivity contribution in [3.63, 3.8) is 0 Å². The van der Waals surface area contributed by atoms with Crippen molar-refractivity contribution in [3.8, 4) is 6.07 Å². The van der Waals surface area contributed by atoms with Gasteiger partial charge in [0, 0.05) is 29.6 Å². The predicted octanol–water partition coefficient (Wildman–Crippen LogP) is 1.31. The third kappa shape index (κ3) is 4.53. The Kier molecular flexibility index (Phi) is 3.89. The lowest BCUT2D eigenvalue weighted by atomic mass is 9.81. The Morgan fingerprint density at radius 3 is 2.41 bits per heavy atom. The maximum atomic E-state index is 11.2. The van der Waals surface area contributed by atoms with Crippen molar-refractivity contribution < 1.29 is 4.79 Å². The fourth-order valence-corrected chi connectivity index (χ4v) is 2.42. The van der Waals surface area contributed by atoms with E-state index in [2.05, 4.69) is 43.5 Å². The fraction of sp³-hybridized carbons (Fsp3) is 0.750. The van der Waals surface area contributed by atoms with Gasteiger partial charge in [-0.1, -0.05) is 0 Å². The second-order valence-electron chi connectivity index (χ2n) is 5.79. The van der Waals surface area contributed by atoms with Gasteiger partial charge in [0.2, 0.25) is 0 Å². The van der Waals surface area contributed by atoms with Crippen LogP contribution in [0.2, 0.25) is 0 Å². The first-order valence-corrected chi connectivity index (χ1v) is 5.75. The average molecular weight is 236 g/mol. The van der Waals surface area contributed by atoms with E-state index in [1.807, 2.05) is 0 Å². The van der Waals surface area contributed by atoms with Crippen molar-refractivity contribution >= 4 is 11.6 Å². The molecule has 2 N–H and O–H groups in total. The highest BCUT2D eigenvalue weighted by molar-refractivity contribution is 5.89. The van der Waals surface area contributed by atoms with Gasteiger partial charge in [-0.3, -0.25) is 4.79 Å². The van der Waals surface area contributed by atoms with Crippen LogP contribution in [0, 0.1) is 11.3 Å². The van der Waals surface area contributed by atoms with Crippen molar-refractivity contribution in [2.24, 2.45) is 5.10 Å². The fourth-order valence-electron chi connectivity index (χ4n) is 2.42. The van der Waals surface area contributed by atoms with Gasteiger partial charge in [0.15, 0.2) is 0 Å². The number of nitrogens with zero attached hydrogens (tertiary/aromatic N) is 2. The first-order valence-electron chi connectivity index (χ1n) is 5.75. The van der Waals surface area contributed by atoms with E-state index in [1.165, 1.54) is 0 Å². The molecule has 1 aliphatic rings. The van der Waals surface area contributed by atoms with E-state index in [4.69, 9.17) is 5.26 Å². The van der Waals surface area contributed by atoms with Gasteiger partial charge in [0.05, 0.1) is 6.07 Å². The molecule has 94 valence electrons. The van der Waals surface area contributed by atoms with Crippen molar-refractivity contribution in [2.45, 2.75) is 58.0 Å². The molecule has 1 aliphatic heterocycles. The number of hydrazone groups is 1. The van der Waals surface area contributed by atoms with E-state index in [0.29, 0.717) is 0 Å². The van der Waals surface area contributed by atoms with Gasteiger partial charge < -0.3 is 5.32 Å². The molecule has 5 nitrogen and oxygen atoms in total. The first kappa shape index (κ1) is 13.7. The molecule has 1 rings (SSSR count). The van der Waals surface area contributed by atoms with Crippen LogP contribution in [0.3, 0.4) is 0 Å². The number of hydrogen-bond acceptors (Lipinski definition) is 4. The number of carbonyl (C=O) groups excluding carboxylic acids is 1. The normalized spacial score (nSPS) is 21.5. The summed E-state index contributed by atoms with van der Waals surface area (Å²) >= 11 is 0. The minimum absolute atomic E-state index is 0.0272. The standard InChI is InChI=1S/C12H20N4O/c1-11(2)7-9(8-12(3,4)16-11)14-15-10(17)5-6-13/h16H,5,7-8H2,1-4H3,(H,15,17). The number of piperidine rings is 1. The third-order valence-electron chi connectivity index (χ3n) is 2.55. The molecule has 0 saturated carbocycles. The summed E-state index contributed by atoms with van der Waals surface area (Å²) < 4.78 is 0. The highest BCUT2D eigenvalue weighted by atomic mass is 16.2. The van der Waals surface area contributed by atoms with E-state index >= 15 is 0 Å². The molecule has 0 atom stereocenters. The maximum absolute atomic E-state index is 11.2. The van der Waals surface area contributed by atoms with Crippen LogP contribution in [0.25, 0.3) is 0 Å². The lowest BCUT2D eigenvalue weighted by Crippen LogP contribution is -2.58. The van der Waals surface area contributed by atoms with Gasteiger partial charge >= 0.3 is 0 Å². The van der Waals surface area contributed by atoms with Gasteiger partial charge in [-0.15, -0.1) is 0 Å². The van der Waals surface area contributed by atoms with E-state index < -0.39 is 0 Å². The second kappa shape index (κ2) is 4.84. The average Bonchev–Trinajstić information content (AvgIpc) is 2.10. The molecule has 0 aliphatic carbocycles. The van der Waals surface area contributed by atoms with Crippen LogP contribution in [0.1, 0.15) is 47.0 Å². The van der Waals surface area contributed by atoms with Crippen LogP contribution < -0.4 is 10.7 Å². The lowest BCUT2D eigenvalue weighted by molar-refractivity contribution is -0.120. The summed E-state index contributed by atoms with van der Waals surface area (Å²) in [5, 5.41) is 16.0. The van der Waals surface area contributed by atoms with Gasteiger partial charge in [-0.05, 0) is 27.7 Å². The van der Waals surface area contributed by atoms with Crippen LogP contribution in [0.4, 0.5) is 0 Å². The molecule has 0 aromatic carbocycles. The molecule has 0 bridgehead atoms. The molecule has 1 saturated heterocycles. The molecule has 1 fully saturated rings. The highest BCUT2D eigenvalue weighted by Gasteiger charge is 2.35.